The molecular formula is C21H32ClN5O2. The first-order valence-corrected chi connectivity index (χ1v) is 10.2. The predicted molar refractivity (Wildman–Crippen MR) is 118 cm³/mol. The molecule has 0 saturated heterocycles. The number of halogens is 1. The Balaban J connectivity index is 1.97. The van der Waals surface area contributed by atoms with Crippen LogP contribution in [0.2, 0.25) is 5.02 Å². The van der Waals surface area contributed by atoms with E-state index in [1.54, 1.807) is 7.11 Å². The lowest BCUT2D eigenvalue weighted by atomic mass is 10.2. The highest BCUT2D eigenvalue weighted by Crippen LogP contribution is 2.16. The summed E-state index contributed by atoms with van der Waals surface area (Å²) in [4.78, 5) is 6.88. The smallest absolute Gasteiger partial charge is 0.194 e. The summed E-state index contributed by atoms with van der Waals surface area (Å²) in [5, 5.41) is 8.66. The molecule has 29 heavy (non-hydrogen) atoms. The molecule has 2 aromatic rings. The Morgan fingerprint density at radius 1 is 1.24 bits per heavy atom. The lowest BCUT2D eigenvalue weighted by Gasteiger charge is -2.22. The molecule has 0 spiro atoms. The second-order valence-corrected chi connectivity index (χ2v) is 7.20. The van der Waals surface area contributed by atoms with Gasteiger partial charge in [0.25, 0.3) is 0 Å². The number of aliphatic imine (C=N–C) groups is 1. The normalized spacial score (nSPS) is 11.6. The fourth-order valence-electron chi connectivity index (χ4n) is 2.92. The van der Waals surface area contributed by atoms with Gasteiger partial charge < -0.3 is 19.7 Å². The van der Waals surface area contributed by atoms with E-state index < -0.39 is 0 Å². The van der Waals surface area contributed by atoms with Crippen LogP contribution in [0.3, 0.4) is 0 Å². The molecule has 1 aromatic carbocycles. The molecule has 0 radical (unpaired) electrons. The molecule has 0 unspecified atom stereocenters. The van der Waals surface area contributed by atoms with Crippen molar-refractivity contribution in [1.82, 2.24) is 20.0 Å². The average Bonchev–Trinajstić information content (AvgIpc) is 2.98. The molecular weight excluding hydrogens is 390 g/mol. The molecule has 0 bridgehead atoms. The van der Waals surface area contributed by atoms with Gasteiger partial charge in [0, 0.05) is 37.0 Å². The molecule has 7 nitrogen and oxygen atoms in total. The van der Waals surface area contributed by atoms with E-state index in [1.165, 1.54) is 0 Å². The summed E-state index contributed by atoms with van der Waals surface area (Å²) in [6, 6.07) is 7.38. The molecule has 8 heteroatoms. The zero-order valence-electron chi connectivity index (χ0n) is 18.0. The fourth-order valence-corrected chi connectivity index (χ4v) is 3.05. The van der Waals surface area contributed by atoms with Gasteiger partial charge in [0.15, 0.2) is 5.96 Å². The highest BCUT2D eigenvalue weighted by molar-refractivity contribution is 6.30. The van der Waals surface area contributed by atoms with Crippen LogP contribution in [-0.2, 0) is 17.8 Å². The number of hydrogen-bond donors (Lipinski definition) is 1. The fraction of sp³-hybridized carbons (Fsp3) is 0.524. The maximum Gasteiger partial charge on any atom is 0.194 e. The van der Waals surface area contributed by atoms with Gasteiger partial charge in [-0.25, -0.2) is 4.99 Å². The molecule has 0 aliphatic rings. The monoisotopic (exact) mass is 421 g/mol. The van der Waals surface area contributed by atoms with Gasteiger partial charge in [-0.15, -0.1) is 0 Å². The van der Waals surface area contributed by atoms with Gasteiger partial charge >= 0.3 is 0 Å². The Morgan fingerprint density at radius 3 is 2.62 bits per heavy atom. The lowest BCUT2D eigenvalue weighted by Crippen LogP contribution is -2.40. The van der Waals surface area contributed by atoms with Crippen molar-refractivity contribution in [3.63, 3.8) is 0 Å². The number of nitrogens with one attached hydrogen (secondary N) is 1. The van der Waals surface area contributed by atoms with Gasteiger partial charge in [-0.2, -0.15) is 5.10 Å². The third kappa shape index (κ3) is 6.94. The molecule has 0 amide bonds. The topological polar surface area (TPSA) is 63.9 Å². The molecule has 0 aliphatic carbocycles. The number of aryl methyl sites for hydroxylation is 1. The number of rotatable bonds is 10. The van der Waals surface area contributed by atoms with Crippen molar-refractivity contribution in [2.75, 3.05) is 40.5 Å². The highest BCUT2D eigenvalue weighted by atomic mass is 35.5. The number of benzene rings is 1. The van der Waals surface area contributed by atoms with Crippen LogP contribution in [-0.4, -0.2) is 61.1 Å². The molecule has 0 saturated carbocycles. The second-order valence-electron chi connectivity index (χ2n) is 6.76. The molecule has 0 aliphatic heterocycles. The first-order valence-electron chi connectivity index (χ1n) is 9.85. The van der Waals surface area contributed by atoms with Crippen LogP contribution < -0.4 is 10.1 Å². The summed E-state index contributed by atoms with van der Waals surface area (Å²) in [6.07, 6.45) is 0. The van der Waals surface area contributed by atoms with Crippen LogP contribution in [0.5, 0.6) is 5.75 Å². The van der Waals surface area contributed by atoms with Crippen molar-refractivity contribution in [3.8, 4) is 5.75 Å². The first-order chi connectivity index (χ1) is 14.0. The summed E-state index contributed by atoms with van der Waals surface area (Å²) >= 11 is 5.91. The van der Waals surface area contributed by atoms with Gasteiger partial charge in [-0.1, -0.05) is 11.6 Å². The van der Waals surface area contributed by atoms with Gasteiger partial charge in [-0.3, -0.25) is 4.68 Å². The maximum atomic E-state index is 5.91. The second kappa shape index (κ2) is 11.7. The molecule has 0 atom stereocenters. The summed E-state index contributed by atoms with van der Waals surface area (Å²) in [5.41, 5.74) is 3.29. The molecule has 1 heterocycles. The van der Waals surface area contributed by atoms with Crippen molar-refractivity contribution >= 4 is 17.6 Å². The minimum absolute atomic E-state index is 0.551. The van der Waals surface area contributed by atoms with Gasteiger partial charge in [0.2, 0.25) is 0 Å². The number of likely N-dealkylation sites (N-methyl/N-ethyl adjacent to an activating group) is 1. The summed E-state index contributed by atoms with van der Waals surface area (Å²) in [5.74, 6) is 1.65. The first kappa shape index (κ1) is 23.0. The van der Waals surface area contributed by atoms with Crippen molar-refractivity contribution < 1.29 is 9.47 Å². The zero-order valence-corrected chi connectivity index (χ0v) is 18.8. The van der Waals surface area contributed by atoms with Crippen LogP contribution in [0.4, 0.5) is 0 Å². The standard InChI is InChI=1S/C21H32ClN5O2/c1-6-23-21(26(4)11-14-29-19-9-7-18(22)8-10-19)24-15-20-16(2)25-27(17(20)3)12-13-28-5/h7-10H,6,11-15H2,1-5H3,(H,23,24). The van der Waals surface area contributed by atoms with E-state index in [9.17, 15) is 0 Å². The number of aromatic nitrogens is 2. The third-order valence-corrected chi connectivity index (χ3v) is 4.88. The number of guanidine groups is 1. The Kier molecular flexibility index (Phi) is 9.28. The number of ether oxygens (including phenoxy) is 2. The van der Waals surface area contributed by atoms with E-state index in [0.717, 1.165) is 41.7 Å². The Hall–Kier alpha value is -2.25. The molecule has 160 valence electrons. The van der Waals surface area contributed by atoms with Crippen LogP contribution in [0.25, 0.3) is 0 Å². The van der Waals surface area contributed by atoms with Crippen molar-refractivity contribution in [2.24, 2.45) is 4.99 Å². The Morgan fingerprint density at radius 2 is 1.97 bits per heavy atom. The predicted octanol–water partition coefficient (Wildman–Crippen LogP) is 3.28. The molecule has 1 aromatic heterocycles. The SMILES string of the molecule is CCNC(=NCc1c(C)nn(CCOC)c1C)N(C)CCOc1ccc(Cl)cc1. The molecule has 2 rings (SSSR count). The zero-order chi connectivity index (χ0) is 21.2. The largest absolute Gasteiger partial charge is 0.492 e. The van der Waals surface area contributed by atoms with Crippen molar-refractivity contribution in [2.45, 2.75) is 33.9 Å². The van der Waals surface area contributed by atoms with Crippen LogP contribution in [0.1, 0.15) is 23.9 Å². The van der Waals surface area contributed by atoms with Crippen LogP contribution >= 0.6 is 11.6 Å². The van der Waals surface area contributed by atoms with Gasteiger partial charge in [0.05, 0.1) is 31.9 Å². The third-order valence-electron chi connectivity index (χ3n) is 4.63. The van der Waals surface area contributed by atoms with E-state index in [2.05, 4.69) is 29.2 Å². The molecule has 1 N–H and O–H groups in total. The number of hydrogen-bond acceptors (Lipinski definition) is 4. The van der Waals surface area contributed by atoms with Crippen molar-refractivity contribution in [1.29, 1.82) is 0 Å². The van der Waals surface area contributed by atoms with E-state index in [4.69, 9.17) is 26.1 Å². The summed E-state index contributed by atoms with van der Waals surface area (Å²) in [6.45, 7) is 10.2. The van der Waals surface area contributed by atoms with Crippen molar-refractivity contribution in [3.05, 3.63) is 46.2 Å². The van der Waals surface area contributed by atoms with Gasteiger partial charge in [-0.05, 0) is 45.0 Å². The van der Waals surface area contributed by atoms with E-state index in [0.29, 0.717) is 31.3 Å². The molecule has 0 fully saturated rings. The maximum absolute atomic E-state index is 5.91. The Labute approximate surface area is 178 Å². The van der Waals surface area contributed by atoms with Gasteiger partial charge in [0.1, 0.15) is 12.4 Å². The lowest BCUT2D eigenvalue weighted by molar-refractivity contribution is 0.182. The van der Waals surface area contributed by atoms with E-state index >= 15 is 0 Å². The number of nitrogens with zero attached hydrogens (tertiary/aromatic N) is 4. The van der Waals surface area contributed by atoms with Crippen LogP contribution in [0, 0.1) is 13.8 Å². The number of methoxy groups -OCH3 is 1. The minimum atomic E-state index is 0.551. The van der Waals surface area contributed by atoms with E-state index in [-0.39, 0.29) is 0 Å². The highest BCUT2D eigenvalue weighted by Gasteiger charge is 2.12. The summed E-state index contributed by atoms with van der Waals surface area (Å²) < 4.78 is 12.9. The summed E-state index contributed by atoms with van der Waals surface area (Å²) in [7, 11) is 3.71. The van der Waals surface area contributed by atoms with E-state index in [1.807, 2.05) is 42.9 Å². The quantitative estimate of drug-likeness (QED) is 0.471. The average molecular weight is 422 g/mol. The minimum Gasteiger partial charge on any atom is -0.492 e. The van der Waals surface area contributed by atoms with Crippen LogP contribution in [0.15, 0.2) is 29.3 Å². The Bertz CT molecular complexity index is 789.